The summed E-state index contributed by atoms with van der Waals surface area (Å²) in [5, 5.41) is 2.54. The van der Waals surface area contributed by atoms with Gasteiger partial charge in [-0.2, -0.15) is 8.78 Å². The van der Waals surface area contributed by atoms with E-state index in [1.807, 2.05) is 0 Å². The maximum atomic E-state index is 12.0. The third kappa shape index (κ3) is 5.17. The van der Waals surface area contributed by atoms with Crippen LogP contribution in [0.4, 0.5) is 14.5 Å². The van der Waals surface area contributed by atoms with Crippen LogP contribution in [0.3, 0.4) is 0 Å². The van der Waals surface area contributed by atoms with E-state index in [1.165, 1.54) is 36.5 Å². The smallest absolute Gasteiger partial charge is 0.387 e. The number of rotatable bonds is 6. The molecule has 0 aliphatic rings. The molecule has 9 heteroatoms. The zero-order chi connectivity index (χ0) is 17.5. The van der Waals surface area contributed by atoms with E-state index in [-0.39, 0.29) is 22.2 Å². The van der Waals surface area contributed by atoms with Crippen LogP contribution in [0.15, 0.2) is 42.6 Å². The van der Waals surface area contributed by atoms with Crippen molar-refractivity contribution in [2.75, 3.05) is 11.9 Å². The largest absolute Gasteiger partial charge is 0.452 e. The van der Waals surface area contributed by atoms with Crippen molar-refractivity contribution in [2.24, 2.45) is 0 Å². The van der Waals surface area contributed by atoms with E-state index in [9.17, 15) is 18.4 Å². The highest BCUT2D eigenvalue weighted by Gasteiger charge is 2.12. The highest BCUT2D eigenvalue weighted by molar-refractivity contribution is 6.32. The monoisotopic (exact) mass is 356 g/mol. The van der Waals surface area contributed by atoms with Gasteiger partial charge >= 0.3 is 12.6 Å². The molecular formula is C15H11ClF2N2O4. The van der Waals surface area contributed by atoms with Gasteiger partial charge in [-0.15, -0.1) is 0 Å². The first-order chi connectivity index (χ1) is 11.5. The highest BCUT2D eigenvalue weighted by atomic mass is 35.5. The van der Waals surface area contributed by atoms with Crippen molar-refractivity contribution in [1.29, 1.82) is 0 Å². The highest BCUT2D eigenvalue weighted by Crippen LogP contribution is 2.17. The number of benzene rings is 1. The summed E-state index contributed by atoms with van der Waals surface area (Å²) in [7, 11) is 0. The van der Waals surface area contributed by atoms with Crippen molar-refractivity contribution < 1.29 is 27.8 Å². The van der Waals surface area contributed by atoms with Gasteiger partial charge in [0.15, 0.2) is 11.8 Å². The number of esters is 1. The first kappa shape index (κ1) is 17.6. The third-order valence-electron chi connectivity index (χ3n) is 2.68. The molecule has 0 saturated carbocycles. The molecule has 0 fully saturated rings. The van der Waals surface area contributed by atoms with E-state index >= 15 is 0 Å². The second-order valence-electron chi connectivity index (χ2n) is 4.37. The number of carbonyl (C=O) groups excluding carboxylic acids is 2. The van der Waals surface area contributed by atoms with Crippen molar-refractivity contribution in [3.05, 3.63) is 53.3 Å². The van der Waals surface area contributed by atoms with E-state index in [4.69, 9.17) is 16.3 Å². The van der Waals surface area contributed by atoms with Crippen LogP contribution in [0, 0.1) is 0 Å². The van der Waals surface area contributed by atoms with Gasteiger partial charge in [-0.05, 0) is 36.4 Å². The zero-order valence-electron chi connectivity index (χ0n) is 12.0. The average molecular weight is 357 g/mol. The third-order valence-corrected chi connectivity index (χ3v) is 2.98. The molecule has 1 heterocycles. The lowest BCUT2D eigenvalue weighted by atomic mass is 10.2. The van der Waals surface area contributed by atoms with Crippen LogP contribution in [0.25, 0.3) is 0 Å². The van der Waals surface area contributed by atoms with Gasteiger partial charge in [0.2, 0.25) is 0 Å². The minimum Gasteiger partial charge on any atom is -0.452 e. The minimum atomic E-state index is -2.95. The number of hydrogen-bond donors (Lipinski definition) is 1. The Hall–Kier alpha value is -2.74. The van der Waals surface area contributed by atoms with Crippen molar-refractivity contribution in [3.63, 3.8) is 0 Å². The predicted octanol–water partition coefficient (Wildman–Crippen LogP) is 3.13. The molecule has 0 radical (unpaired) electrons. The first-order valence-corrected chi connectivity index (χ1v) is 6.96. The molecule has 0 aliphatic heterocycles. The molecule has 126 valence electrons. The Labute approximate surface area is 140 Å². The molecule has 0 atom stereocenters. The lowest BCUT2D eigenvalue weighted by Crippen LogP contribution is -2.21. The minimum absolute atomic E-state index is 0.0869. The molecule has 1 N–H and O–H groups in total. The normalized spacial score (nSPS) is 10.3. The molecule has 0 unspecified atom stereocenters. The van der Waals surface area contributed by atoms with Crippen molar-refractivity contribution in [2.45, 2.75) is 6.61 Å². The Morgan fingerprint density at radius 3 is 2.54 bits per heavy atom. The van der Waals surface area contributed by atoms with E-state index in [0.717, 1.165) is 0 Å². The average Bonchev–Trinajstić information content (AvgIpc) is 2.55. The maximum Gasteiger partial charge on any atom is 0.387 e. The molecular weight excluding hydrogens is 346 g/mol. The summed E-state index contributed by atoms with van der Waals surface area (Å²) in [6, 6.07) is 8.00. The lowest BCUT2D eigenvalue weighted by Gasteiger charge is -2.08. The standard InChI is InChI=1S/C15H11ClF2N2O4/c16-13-11(2-1-7-19-13)20-12(21)8-23-14(22)9-3-5-10(6-4-9)24-15(17)18/h1-7,15H,8H2,(H,20,21). The molecule has 0 saturated heterocycles. The molecule has 1 aromatic heterocycles. The van der Waals surface area contributed by atoms with Crippen LogP contribution in [0.1, 0.15) is 10.4 Å². The number of ether oxygens (including phenoxy) is 2. The lowest BCUT2D eigenvalue weighted by molar-refractivity contribution is -0.119. The summed E-state index contributed by atoms with van der Waals surface area (Å²) < 4.78 is 33.0. The fourth-order valence-electron chi connectivity index (χ4n) is 1.65. The Morgan fingerprint density at radius 2 is 1.92 bits per heavy atom. The Balaban J connectivity index is 1.86. The number of carbonyl (C=O) groups is 2. The van der Waals surface area contributed by atoms with Gasteiger partial charge in [0.1, 0.15) is 5.75 Å². The van der Waals surface area contributed by atoms with Gasteiger partial charge in [0, 0.05) is 6.20 Å². The van der Waals surface area contributed by atoms with Crippen LogP contribution >= 0.6 is 11.6 Å². The summed E-state index contributed by atoms with van der Waals surface area (Å²) >= 11 is 5.78. The van der Waals surface area contributed by atoms with Crippen LogP contribution in [0.5, 0.6) is 5.75 Å². The SMILES string of the molecule is O=C(COC(=O)c1ccc(OC(F)F)cc1)Nc1cccnc1Cl. The number of hydrogen-bond acceptors (Lipinski definition) is 5. The number of amides is 1. The molecule has 1 aromatic carbocycles. The molecule has 2 rings (SSSR count). The number of aromatic nitrogens is 1. The zero-order valence-corrected chi connectivity index (χ0v) is 12.8. The quantitative estimate of drug-likeness (QED) is 0.635. The van der Waals surface area contributed by atoms with Crippen LogP contribution in [-0.4, -0.2) is 30.1 Å². The van der Waals surface area contributed by atoms with Crippen LogP contribution in [-0.2, 0) is 9.53 Å². The van der Waals surface area contributed by atoms with Crippen molar-refractivity contribution >= 4 is 29.2 Å². The predicted molar refractivity (Wildman–Crippen MR) is 81.2 cm³/mol. The van der Waals surface area contributed by atoms with Crippen molar-refractivity contribution in [3.8, 4) is 5.75 Å². The number of halogens is 3. The number of alkyl halides is 2. The van der Waals surface area contributed by atoms with Gasteiger partial charge in [-0.1, -0.05) is 11.6 Å². The number of nitrogens with one attached hydrogen (secondary N) is 1. The molecule has 1 amide bonds. The van der Waals surface area contributed by atoms with E-state index in [2.05, 4.69) is 15.0 Å². The fraction of sp³-hybridized carbons (Fsp3) is 0.133. The molecule has 0 aliphatic carbocycles. The molecule has 6 nitrogen and oxygen atoms in total. The van der Waals surface area contributed by atoms with E-state index < -0.39 is 25.1 Å². The van der Waals surface area contributed by atoms with Gasteiger partial charge < -0.3 is 14.8 Å². The topological polar surface area (TPSA) is 77.5 Å². The van der Waals surface area contributed by atoms with Gasteiger partial charge in [-0.25, -0.2) is 9.78 Å². The van der Waals surface area contributed by atoms with E-state index in [1.54, 1.807) is 6.07 Å². The maximum absolute atomic E-state index is 12.0. The summed E-state index contributed by atoms with van der Waals surface area (Å²) in [4.78, 5) is 27.3. The van der Waals surface area contributed by atoms with Gasteiger partial charge in [0.25, 0.3) is 5.91 Å². The van der Waals surface area contributed by atoms with Crippen LogP contribution < -0.4 is 10.1 Å². The summed E-state index contributed by atoms with van der Waals surface area (Å²) in [6.07, 6.45) is 1.46. The summed E-state index contributed by atoms with van der Waals surface area (Å²) in [6.45, 7) is -3.50. The van der Waals surface area contributed by atoms with Gasteiger partial charge in [-0.3, -0.25) is 4.79 Å². The number of nitrogens with zero attached hydrogens (tertiary/aromatic N) is 1. The second kappa shape index (κ2) is 8.21. The number of pyridine rings is 1. The molecule has 0 spiro atoms. The fourth-order valence-corrected chi connectivity index (χ4v) is 1.82. The Morgan fingerprint density at radius 1 is 1.21 bits per heavy atom. The summed E-state index contributed by atoms with van der Waals surface area (Å²) in [5.41, 5.74) is 0.373. The molecule has 0 bridgehead atoms. The van der Waals surface area contributed by atoms with Crippen molar-refractivity contribution in [1.82, 2.24) is 4.98 Å². The second-order valence-corrected chi connectivity index (χ2v) is 4.73. The number of anilines is 1. The molecule has 24 heavy (non-hydrogen) atoms. The van der Waals surface area contributed by atoms with Gasteiger partial charge in [0.05, 0.1) is 11.3 Å². The summed E-state index contributed by atoms with van der Waals surface area (Å²) in [5.74, 6) is -1.48. The Kier molecular flexibility index (Phi) is 6.02. The van der Waals surface area contributed by atoms with E-state index in [0.29, 0.717) is 0 Å². The van der Waals surface area contributed by atoms with Crippen LogP contribution in [0.2, 0.25) is 5.15 Å². The first-order valence-electron chi connectivity index (χ1n) is 6.58. The Bertz CT molecular complexity index is 726. The molecule has 2 aromatic rings.